The van der Waals surface area contributed by atoms with Crippen LogP contribution in [0.1, 0.15) is 37.9 Å². The molecule has 1 fully saturated rings. The van der Waals surface area contributed by atoms with Gasteiger partial charge in [-0.1, -0.05) is 13.3 Å². The minimum atomic E-state index is -3.10. The molecule has 0 spiro atoms. The second kappa shape index (κ2) is 6.49. The number of methoxy groups -OCH3 is 1. The van der Waals surface area contributed by atoms with E-state index in [-0.39, 0.29) is 11.8 Å². The van der Waals surface area contributed by atoms with Crippen molar-refractivity contribution in [3.05, 3.63) is 18.1 Å². The van der Waals surface area contributed by atoms with Gasteiger partial charge in [0.05, 0.1) is 24.2 Å². The molecule has 2 atom stereocenters. The molecule has 0 aromatic carbocycles. The molecule has 2 unspecified atom stereocenters. The maximum absolute atomic E-state index is 12.3. The van der Waals surface area contributed by atoms with Crippen LogP contribution in [-0.2, 0) is 9.84 Å². The Balaban J connectivity index is 2.40. The molecule has 1 aromatic heterocycles. The van der Waals surface area contributed by atoms with Crippen molar-refractivity contribution in [2.75, 3.05) is 19.4 Å². The number of aromatic nitrogens is 2. The Labute approximate surface area is 119 Å². The minimum absolute atomic E-state index is 0.252. The first-order valence-electron chi connectivity index (χ1n) is 6.90. The summed E-state index contributed by atoms with van der Waals surface area (Å²) < 4.78 is 29.9. The largest absolute Gasteiger partial charge is 0.480 e. The van der Waals surface area contributed by atoms with E-state index in [0.29, 0.717) is 24.5 Å². The van der Waals surface area contributed by atoms with Crippen LogP contribution in [0.4, 0.5) is 0 Å². The van der Waals surface area contributed by atoms with Gasteiger partial charge in [0.25, 0.3) is 0 Å². The summed E-state index contributed by atoms with van der Waals surface area (Å²) in [6.07, 6.45) is 5.43. The molecule has 0 bridgehead atoms. The van der Waals surface area contributed by atoms with Gasteiger partial charge in [0.15, 0.2) is 9.84 Å². The molecule has 6 nitrogen and oxygen atoms in total. The highest BCUT2D eigenvalue weighted by Gasteiger charge is 2.38. The van der Waals surface area contributed by atoms with Crippen LogP contribution in [0.2, 0.25) is 0 Å². The summed E-state index contributed by atoms with van der Waals surface area (Å²) in [5.41, 5.74) is 0.576. The molecule has 20 heavy (non-hydrogen) atoms. The Bertz CT molecular complexity index is 548. The lowest BCUT2D eigenvalue weighted by molar-refractivity contribution is 0.369. The lowest BCUT2D eigenvalue weighted by Crippen LogP contribution is -2.41. The highest BCUT2D eigenvalue weighted by Crippen LogP contribution is 2.32. The van der Waals surface area contributed by atoms with Gasteiger partial charge in [-0.25, -0.2) is 13.4 Å². The van der Waals surface area contributed by atoms with E-state index in [0.717, 1.165) is 12.8 Å². The first-order chi connectivity index (χ1) is 9.60. The summed E-state index contributed by atoms with van der Waals surface area (Å²) >= 11 is 0. The average molecular weight is 299 g/mol. The van der Waals surface area contributed by atoms with Gasteiger partial charge < -0.3 is 10.1 Å². The Kier molecular flexibility index (Phi) is 4.93. The van der Waals surface area contributed by atoms with E-state index in [1.165, 1.54) is 7.11 Å². The van der Waals surface area contributed by atoms with Gasteiger partial charge in [-0.3, -0.25) is 4.98 Å². The molecule has 0 radical (unpaired) electrons. The summed E-state index contributed by atoms with van der Waals surface area (Å²) in [6.45, 7) is 2.61. The van der Waals surface area contributed by atoms with E-state index in [2.05, 4.69) is 15.3 Å². The van der Waals surface area contributed by atoms with Gasteiger partial charge in [0.2, 0.25) is 5.88 Å². The molecule has 112 valence electrons. The van der Waals surface area contributed by atoms with Crippen molar-refractivity contribution >= 4 is 9.84 Å². The third-order valence-corrected chi connectivity index (χ3v) is 5.89. The number of rotatable bonds is 5. The van der Waals surface area contributed by atoms with Crippen molar-refractivity contribution in [2.24, 2.45) is 0 Å². The number of ether oxygens (including phenoxy) is 1. The smallest absolute Gasteiger partial charge is 0.237 e. The van der Waals surface area contributed by atoms with Crippen LogP contribution < -0.4 is 10.1 Å². The van der Waals surface area contributed by atoms with Crippen LogP contribution >= 0.6 is 0 Å². The second-order valence-electron chi connectivity index (χ2n) is 4.89. The normalized spacial score (nSPS) is 23.2. The van der Waals surface area contributed by atoms with Gasteiger partial charge >= 0.3 is 0 Å². The molecule has 2 rings (SSSR count). The molecule has 0 saturated carbocycles. The second-order valence-corrected chi connectivity index (χ2v) is 7.23. The molecule has 1 saturated heterocycles. The van der Waals surface area contributed by atoms with Gasteiger partial charge in [0.1, 0.15) is 5.69 Å². The number of sulfone groups is 1. The van der Waals surface area contributed by atoms with Crippen molar-refractivity contribution < 1.29 is 13.2 Å². The first kappa shape index (κ1) is 15.2. The Hall–Kier alpha value is -1.21. The van der Waals surface area contributed by atoms with Crippen LogP contribution in [0.15, 0.2) is 12.4 Å². The lowest BCUT2D eigenvalue weighted by atomic mass is 10.0. The fourth-order valence-corrected chi connectivity index (χ4v) is 4.76. The van der Waals surface area contributed by atoms with Crippen molar-refractivity contribution in [2.45, 2.75) is 37.5 Å². The Morgan fingerprint density at radius 1 is 1.40 bits per heavy atom. The molecule has 1 N–H and O–H groups in total. The maximum atomic E-state index is 12.3. The van der Waals surface area contributed by atoms with Gasteiger partial charge in [-0.05, 0) is 19.4 Å². The van der Waals surface area contributed by atoms with Crippen LogP contribution in [0.5, 0.6) is 5.88 Å². The quantitative estimate of drug-likeness (QED) is 0.877. The van der Waals surface area contributed by atoms with Crippen LogP contribution in [0.25, 0.3) is 0 Å². The monoisotopic (exact) mass is 299 g/mol. The molecule has 0 aliphatic carbocycles. The Morgan fingerprint density at radius 3 is 2.80 bits per heavy atom. The predicted octanol–water partition coefficient (Wildman–Crippen LogP) is 1.10. The number of nitrogens with one attached hydrogen (secondary N) is 1. The van der Waals surface area contributed by atoms with E-state index < -0.39 is 15.1 Å². The first-order valence-corrected chi connectivity index (χ1v) is 8.61. The molecule has 1 aliphatic rings. The fraction of sp³-hybridized carbons (Fsp3) is 0.692. The predicted molar refractivity (Wildman–Crippen MR) is 76.4 cm³/mol. The SMILES string of the molecule is CCNC(c1nccnc1OC)C1CCCCS1(=O)=O. The minimum Gasteiger partial charge on any atom is -0.480 e. The van der Waals surface area contributed by atoms with Crippen molar-refractivity contribution in [1.29, 1.82) is 0 Å². The summed E-state index contributed by atoms with van der Waals surface area (Å²) in [5, 5.41) is 2.78. The number of nitrogens with zero attached hydrogens (tertiary/aromatic N) is 2. The highest BCUT2D eigenvalue weighted by atomic mass is 32.2. The van der Waals surface area contributed by atoms with Gasteiger partial charge in [-0.15, -0.1) is 0 Å². The van der Waals surface area contributed by atoms with Crippen molar-refractivity contribution in [3.63, 3.8) is 0 Å². The molecular formula is C13H21N3O3S. The maximum Gasteiger partial charge on any atom is 0.237 e. The third kappa shape index (κ3) is 3.09. The zero-order chi connectivity index (χ0) is 14.6. The molecule has 1 aliphatic heterocycles. The van der Waals surface area contributed by atoms with E-state index in [1.54, 1.807) is 12.4 Å². The standard InChI is InChI=1S/C13H21N3O3S/c1-3-14-11(10-6-4-5-9-20(10,17)18)12-13(19-2)16-8-7-15-12/h7-8,10-11,14H,3-6,9H2,1-2H3. The lowest BCUT2D eigenvalue weighted by Gasteiger charge is -2.30. The van der Waals surface area contributed by atoms with Crippen LogP contribution in [-0.4, -0.2) is 43.0 Å². The number of hydrogen-bond donors (Lipinski definition) is 1. The van der Waals surface area contributed by atoms with Gasteiger partial charge in [0, 0.05) is 12.4 Å². The van der Waals surface area contributed by atoms with Crippen LogP contribution in [0.3, 0.4) is 0 Å². The topological polar surface area (TPSA) is 81.2 Å². The molecular weight excluding hydrogens is 278 g/mol. The van der Waals surface area contributed by atoms with E-state index in [1.807, 2.05) is 6.92 Å². The van der Waals surface area contributed by atoms with E-state index in [9.17, 15) is 8.42 Å². The third-order valence-electron chi connectivity index (χ3n) is 3.60. The molecule has 2 heterocycles. The Morgan fingerprint density at radius 2 is 2.15 bits per heavy atom. The average Bonchev–Trinajstić information content (AvgIpc) is 2.45. The summed E-state index contributed by atoms with van der Waals surface area (Å²) in [4.78, 5) is 8.42. The van der Waals surface area contributed by atoms with E-state index in [4.69, 9.17) is 4.74 Å². The van der Waals surface area contributed by atoms with Crippen molar-refractivity contribution in [1.82, 2.24) is 15.3 Å². The zero-order valence-electron chi connectivity index (χ0n) is 11.9. The summed E-state index contributed by atoms with van der Waals surface area (Å²) in [5.74, 6) is 0.640. The highest BCUT2D eigenvalue weighted by molar-refractivity contribution is 7.92. The summed E-state index contributed by atoms with van der Waals surface area (Å²) in [6, 6.07) is -0.367. The van der Waals surface area contributed by atoms with Crippen molar-refractivity contribution in [3.8, 4) is 5.88 Å². The number of hydrogen-bond acceptors (Lipinski definition) is 6. The zero-order valence-corrected chi connectivity index (χ0v) is 12.7. The summed E-state index contributed by atoms with van der Waals surface area (Å²) in [7, 11) is -1.58. The molecule has 0 amide bonds. The molecule has 7 heteroatoms. The van der Waals surface area contributed by atoms with Gasteiger partial charge in [-0.2, -0.15) is 0 Å². The van der Waals surface area contributed by atoms with E-state index >= 15 is 0 Å². The molecule has 1 aromatic rings. The van der Waals surface area contributed by atoms with Crippen LogP contribution in [0, 0.1) is 0 Å². The fourth-order valence-electron chi connectivity index (χ4n) is 2.68.